The van der Waals surface area contributed by atoms with Crippen LogP contribution in [0.5, 0.6) is 0 Å². The van der Waals surface area contributed by atoms with Crippen LogP contribution in [0.3, 0.4) is 0 Å². The minimum Gasteiger partial charge on any atom is -0.466 e. The SMILES string of the molecule is CCCCCCCCCCCCCCCCCCCNc1ccc(C(=O)OCC(C)C(=O)OCC)cc1. The average molecular weight is 518 g/mol. The fourth-order valence-electron chi connectivity index (χ4n) is 4.44. The number of ether oxygens (including phenoxy) is 2. The Hall–Kier alpha value is -2.04. The summed E-state index contributed by atoms with van der Waals surface area (Å²) in [6.07, 6.45) is 23.5. The number of anilines is 1. The number of carbonyl (C=O) groups excluding carboxylic acids is 2. The van der Waals surface area contributed by atoms with Crippen LogP contribution >= 0.6 is 0 Å². The highest BCUT2D eigenvalue weighted by Gasteiger charge is 2.17. The van der Waals surface area contributed by atoms with Crippen LogP contribution in [0.1, 0.15) is 140 Å². The number of rotatable bonds is 24. The second-order valence-electron chi connectivity index (χ2n) is 10.4. The highest BCUT2D eigenvalue weighted by molar-refractivity contribution is 5.90. The normalized spacial score (nSPS) is 11.8. The van der Waals surface area contributed by atoms with Crippen molar-refractivity contribution >= 4 is 17.6 Å². The van der Waals surface area contributed by atoms with Crippen molar-refractivity contribution in [2.45, 2.75) is 130 Å². The van der Waals surface area contributed by atoms with Crippen molar-refractivity contribution in [1.82, 2.24) is 0 Å². The lowest BCUT2D eigenvalue weighted by Crippen LogP contribution is -2.21. The Balaban J connectivity index is 1.94. The monoisotopic (exact) mass is 517 g/mol. The summed E-state index contributed by atoms with van der Waals surface area (Å²) in [4.78, 5) is 23.8. The molecule has 0 heterocycles. The first-order valence-electron chi connectivity index (χ1n) is 15.3. The van der Waals surface area contributed by atoms with Gasteiger partial charge in [-0.15, -0.1) is 0 Å². The highest BCUT2D eigenvalue weighted by Crippen LogP contribution is 2.15. The molecule has 0 bridgehead atoms. The Bertz CT molecular complexity index is 689. The first-order valence-corrected chi connectivity index (χ1v) is 15.3. The zero-order valence-corrected chi connectivity index (χ0v) is 24.2. The maximum atomic E-state index is 12.2. The Labute approximate surface area is 227 Å². The van der Waals surface area contributed by atoms with Crippen LogP contribution in [0.15, 0.2) is 24.3 Å². The molecule has 0 radical (unpaired) electrons. The number of carbonyl (C=O) groups is 2. The van der Waals surface area contributed by atoms with Crippen molar-refractivity contribution in [3.63, 3.8) is 0 Å². The third-order valence-electron chi connectivity index (χ3n) is 6.88. The molecule has 0 aliphatic heterocycles. The molecule has 1 N–H and O–H groups in total. The Morgan fingerprint density at radius 2 is 1.14 bits per heavy atom. The molecular weight excluding hydrogens is 462 g/mol. The van der Waals surface area contributed by atoms with Crippen molar-refractivity contribution in [1.29, 1.82) is 0 Å². The third kappa shape index (κ3) is 18.0. The van der Waals surface area contributed by atoms with Crippen molar-refractivity contribution in [3.8, 4) is 0 Å². The van der Waals surface area contributed by atoms with E-state index in [0.29, 0.717) is 12.2 Å². The van der Waals surface area contributed by atoms with E-state index in [-0.39, 0.29) is 12.6 Å². The lowest BCUT2D eigenvalue weighted by Gasteiger charge is -2.11. The van der Waals surface area contributed by atoms with E-state index in [9.17, 15) is 9.59 Å². The van der Waals surface area contributed by atoms with Crippen LogP contribution in [-0.4, -0.2) is 31.7 Å². The van der Waals surface area contributed by atoms with Gasteiger partial charge in [-0.05, 0) is 44.5 Å². The van der Waals surface area contributed by atoms with E-state index >= 15 is 0 Å². The van der Waals surface area contributed by atoms with Gasteiger partial charge in [-0.2, -0.15) is 0 Å². The average Bonchev–Trinajstić information content (AvgIpc) is 2.91. The van der Waals surface area contributed by atoms with Crippen molar-refractivity contribution < 1.29 is 19.1 Å². The van der Waals surface area contributed by atoms with Crippen LogP contribution < -0.4 is 5.32 Å². The molecular formula is C32H55NO4. The maximum Gasteiger partial charge on any atom is 0.338 e. The predicted octanol–water partition coefficient (Wildman–Crippen LogP) is 9.11. The van der Waals surface area contributed by atoms with E-state index in [4.69, 9.17) is 9.47 Å². The zero-order valence-electron chi connectivity index (χ0n) is 24.2. The van der Waals surface area contributed by atoms with Gasteiger partial charge in [-0.1, -0.05) is 110 Å². The molecule has 0 saturated carbocycles. The molecule has 0 aromatic heterocycles. The van der Waals surface area contributed by atoms with Crippen LogP contribution in [0.4, 0.5) is 5.69 Å². The van der Waals surface area contributed by atoms with Gasteiger partial charge in [0, 0.05) is 12.2 Å². The van der Waals surface area contributed by atoms with Gasteiger partial charge in [0.05, 0.1) is 18.1 Å². The molecule has 0 spiro atoms. The fourth-order valence-corrected chi connectivity index (χ4v) is 4.44. The highest BCUT2D eigenvalue weighted by atomic mass is 16.5. The molecule has 0 saturated heterocycles. The number of nitrogens with one attached hydrogen (secondary N) is 1. The number of hydrogen-bond donors (Lipinski definition) is 1. The van der Waals surface area contributed by atoms with Crippen LogP contribution in [-0.2, 0) is 14.3 Å². The lowest BCUT2D eigenvalue weighted by atomic mass is 10.0. The van der Waals surface area contributed by atoms with Crippen molar-refractivity contribution in [3.05, 3.63) is 29.8 Å². The molecule has 1 aromatic rings. The topological polar surface area (TPSA) is 64.6 Å². The Morgan fingerprint density at radius 3 is 1.59 bits per heavy atom. The second-order valence-corrected chi connectivity index (χ2v) is 10.4. The largest absolute Gasteiger partial charge is 0.466 e. The summed E-state index contributed by atoms with van der Waals surface area (Å²) in [7, 11) is 0. The summed E-state index contributed by atoms with van der Waals surface area (Å²) >= 11 is 0. The number of unbranched alkanes of at least 4 members (excludes halogenated alkanes) is 16. The summed E-state index contributed by atoms with van der Waals surface area (Å²) in [6, 6.07) is 7.32. The van der Waals surface area contributed by atoms with E-state index in [2.05, 4.69) is 12.2 Å². The fraction of sp³-hybridized carbons (Fsp3) is 0.750. The van der Waals surface area contributed by atoms with Crippen LogP contribution in [0, 0.1) is 5.92 Å². The minimum atomic E-state index is -0.464. The van der Waals surface area contributed by atoms with Crippen LogP contribution in [0.2, 0.25) is 0 Å². The third-order valence-corrected chi connectivity index (χ3v) is 6.88. The first-order chi connectivity index (χ1) is 18.1. The second kappa shape index (κ2) is 23.1. The molecule has 212 valence electrons. The predicted molar refractivity (Wildman–Crippen MR) is 155 cm³/mol. The first kappa shape index (κ1) is 33.0. The van der Waals surface area contributed by atoms with Gasteiger partial charge < -0.3 is 14.8 Å². The smallest absolute Gasteiger partial charge is 0.338 e. The Morgan fingerprint density at radius 1 is 0.676 bits per heavy atom. The van der Waals surface area contributed by atoms with Gasteiger partial charge in [0.2, 0.25) is 0 Å². The summed E-state index contributed by atoms with van der Waals surface area (Å²) < 4.78 is 10.2. The lowest BCUT2D eigenvalue weighted by molar-refractivity contribution is -0.148. The van der Waals surface area contributed by atoms with Gasteiger partial charge in [0.1, 0.15) is 6.61 Å². The molecule has 37 heavy (non-hydrogen) atoms. The van der Waals surface area contributed by atoms with E-state index < -0.39 is 11.9 Å². The van der Waals surface area contributed by atoms with E-state index in [1.165, 1.54) is 103 Å². The number of hydrogen-bond acceptors (Lipinski definition) is 5. The molecule has 1 atom stereocenters. The standard InChI is InChI=1S/C32H55NO4/c1-4-6-7-8-9-10-11-12-13-14-15-16-17-18-19-20-21-26-33-30-24-22-29(23-25-30)32(35)37-27-28(3)31(34)36-5-2/h22-25,28,33H,4-21,26-27H2,1-3H3. The Kier molecular flexibility index (Phi) is 20.6. The number of benzene rings is 1. The minimum absolute atomic E-state index is 0.0248. The molecule has 0 aliphatic carbocycles. The summed E-state index contributed by atoms with van der Waals surface area (Å²) in [5.41, 5.74) is 1.49. The zero-order chi connectivity index (χ0) is 27.0. The van der Waals surface area contributed by atoms with Crippen molar-refractivity contribution in [2.75, 3.05) is 25.1 Å². The van der Waals surface area contributed by atoms with Gasteiger partial charge >= 0.3 is 11.9 Å². The van der Waals surface area contributed by atoms with Gasteiger partial charge in [0.15, 0.2) is 0 Å². The molecule has 0 amide bonds. The van der Waals surface area contributed by atoms with E-state index in [1.807, 2.05) is 12.1 Å². The summed E-state index contributed by atoms with van der Waals surface area (Å²) in [6.45, 7) is 7.03. The molecule has 0 aliphatic rings. The van der Waals surface area contributed by atoms with E-state index in [1.54, 1.807) is 26.0 Å². The molecule has 0 fully saturated rings. The molecule has 1 unspecified atom stereocenters. The van der Waals surface area contributed by atoms with Gasteiger partial charge in [0.25, 0.3) is 0 Å². The summed E-state index contributed by atoms with van der Waals surface area (Å²) in [5.74, 6) is -1.23. The van der Waals surface area contributed by atoms with Gasteiger partial charge in [-0.3, -0.25) is 4.79 Å². The van der Waals surface area contributed by atoms with Crippen LogP contribution in [0.25, 0.3) is 0 Å². The molecule has 1 aromatic carbocycles. The maximum absolute atomic E-state index is 12.2. The molecule has 1 rings (SSSR count). The summed E-state index contributed by atoms with van der Waals surface area (Å²) in [5, 5.41) is 3.43. The molecule has 5 heteroatoms. The van der Waals surface area contributed by atoms with Gasteiger partial charge in [-0.25, -0.2) is 4.79 Å². The number of esters is 2. The van der Waals surface area contributed by atoms with Crippen molar-refractivity contribution in [2.24, 2.45) is 5.92 Å². The van der Waals surface area contributed by atoms with E-state index in [0.717, 1.165) is 18.7 Å². The quantitative estimate of drug-likeness (QED) is 0.109. The molecule has 5 nitrogen and oxygen atoms in total.